The standard InChI is InChI=1S/C13H20ClFN2O2S/c1-3-4-5-6-9(2)17-20(18,19)13-8-12(16)11(15)7-10(13)14/h7-9,17H,3-6,16H2,1-2H3. The molecule has 0 amide bonds. The van der Waals surface area contributed by atoms with E-state index >= 15 is 0 Å². The number of hydrogen-bond donors (Lipinski definition) is 2. The van der Waals surface area contributed by atoms with Crippen molar-refractivity contribution in [2.24, 2.45) is 0 Å². The van der Waals surface area contributed by atoms with Crippen molar-refractivity contribution in [3.05, 3.63) is 23.0 Å². The molecule has 0 aliphatic carbocycles. The third-order valence-electron chi connectivity index (χ3n) is 2.94. The van der Waals surface area contributed by atoms with E-state index in [1.54, 1.807) is 6.92 Å². The first-order valence-electron chi connectivity index (χ1n) is 6.54. The van der Waals surface area contributed by atoms with Gasteiger partial charge in [0.15, 0.2) is 0 Å². The maximum absolute atomic E-state index is 13.2. The Morgan fingerprint density at radius 2 is 2.05 bits per heavy atom. The van der Waals surface area contributed by atoms with Crippen molar-refractivity contribution in [1.82, 2.24) is 4.72 Å². The molecule has 0 aromatic heterocycles. The molecule has 3 N–H and O–H groups in total. The van der Waals surface area contributed by atoms with Gasteiger partial charge in [-0.3, -0.25) is 0 Å². The van der Waals surface area contributed by atoms with E-state index in [-0.39, 0.29) is 21.6 Å². The Bertz CT molecular complexity index is 564. The van der Waals surface area contributed by atoms with Crippen molar-refractivity contribution in [2.75, 3.05) is 5.73 Å². The number of anilines is 1. The zero-order chi connectivity index (χ0) is 15.3. The van der Waals surface area contributed by atoms with Gasteiger partial charge in [0.05, 0.1) is 10.7 Å². The molecule has 0 saturated carbocycles. The molecule has 1 atom stereocenters. The summed E-state index contributed by atoms with van der Waals surface area (Å²) in [4.78, 5) is -0.194. The van der Waals surface area contributed by atoms with Gasteiger partial charge in [-0.25, -0.2) is 17.5 Å². The van der Waals surface area contributed by atoms with E-state index in [0.29, 0.717) is 0 Å². The molecule has 0 spiro atoms. The van der Waals surface area contributed by atoms with Gasteiger partial charge in [-0.2, -0.15) is 0 Å². The van der Waals surface area contributed by atoms with Gasteiger partial charge in [-0.15, -0.1) is 0 Å². The van der Waals surface area contributed by atoms with Crippen LogP contribution in [0.2, 0.25) is 5.02 Å². The van der Waals surface area contributed by atoms with Gasteiger partial charge in [0.1, 0.15) is 10.7 Å². The van der Waals surface area contributed by atoms with Crippen LogP contribution in [0, 0.1) is 5.82 Å². The highest BCUT2D eigenvalue weighted by Gasteiger charge is 2.22. The third-order valence-corrected chi connectivity index (χ3v) is 4.99. The molecule has 1 rings (SSSR count). The lowest BCUT2D eigenvalue weighted by Gasteiger charge is -2.15. The molecule has 0 aliphatic heterocycles. The first kappa shape index (κ1) is 17.2. The Hall–Kier alpha value is -0.850. The molecular formula is C13H20ClFN2O2S. The Morgan fingerprint density at radius 1 is 1.40 bits per heavy atom. The van der Waals surface area contributed by atoms with E-state index in [9.17, 15) is 12.8 Å². The fourth-order valence-electron chi connectivity index (χ4n) is 1.84. The highest BCUT2D eigenvalue weighted by atomic mass is 35.5. The van der Waals surface area contributed by atoms with Crippen LogP contribution in [0.4, 0.5) is 10.1 Å². The van der Waals surface area contributed by atoms with Gasteiger partial charge >= 0.3 is 0 Å². The minimum absolute atomic E-state index is 0.176. The number of hydrogen-bond acceptors (Lipinski definition) is 3. The maximum Gasteiger partial charge on any atom is 0.242 e. The lowest BCUT2D eigenvalue weighted by atomic mass is 10.1. The quantitative estimate of drug-likeness (QED) is 0.597. The summed E-state index contributed by atoms with van der Waals surface area (Å²) in [6, 6.07) is 1.74. The third kappa shape index (κ3) is 4.61. The van der Waals surface area contributed by atoms with E-state index in [4.69, 9.17) is 17.3 Å². The normalized spacial score (nSPS) is 13.4. The van der Waals surface area contributed by atoms with Gasteiger partial charge < -0.3 is 5.73 Å². The summed E-state index contributed by atoms with van der Waals surface area (Å²) in [5.41, 5.74) is 5.15. The second kappa shape index (κ2) is 7.24. The smallest absolute Gasteiger partial charge is 0.242 e. The second-order valence-electron chi connectivity index (χ2n) is 4.82. The average Bonchev–Trinajstić information content (AvgIpc) is 2.33. The fraction of sp³-hybridized carbons (Fsp3) is 0.538. The zero-order valence-electron chi connectivity index (χ0n) is 11.6. The number of benzene rings is 1. The van der Waals surface area contributed by atoms with Gasteiger partial charge in [0.2, 0.25) is 10.0 Å². The van der Waals surface area contributed by atoms with Crippen LogP contribution in [-0.2, 0) is 10.0 Å². The van der Waals surface area contributed by atoms with E-state index in [1.807, 2.05) is 0 Å². The largest absolute Gasteiger partial charge is 0.396 e. The zero-order valence-corrected chi connectivity index (χ0v) is 13.2. The lowest BCUT2D eigenvalue weighted by Crippen LogP contribution is -2.32. The monoisotopic (exact) mass is 322 g/mol. The molecule has 4 nitrogen and oxygen atoms in total. The molecule has 1 aromatic rings. The molecule has 1 aromatic carbocycles. The van der Waals surface area contributed by atoms with Crippen molar-refractivity contribution in [3.8, 4) is 0 Å². The summed E-state index contributed by atoms with van der Waals surface area (Å²) in [5.74, 6) is -0.732. The van der Waals surface area contributed by atoms with Crippen LogP contribution in [0.3, 0.4) is 0 Å². The predicted molar refractivity (Wildman–Crippen MR) is 79.7 cm³/mol. The molecule has 0 saturated heterocycles. The summed E-state index contributed by atoms with van der Waals surface area (Å²) < 4.78 is 40.1. The summed E-state index contributed by atoms with van der Waals surface area (Å²) in [6.45, 7) is 3.86. The number of unbranched alkanes of at least 4 members (excludes halogenated alkanes) is 2. The molecule has 114 valence electrons. The highest BCUT2D eigenvalue weighted by molar-refractivity contribution is 7.89. The Kier molecular flexibility index (Phi) is 6.23. The summed E-state index contributed by atoms with van der Waals surface area (Å²) in [6.07, 6.45) is 3.80. The summed E-state index contributed by atoms with van der Waals surface area (Å²) in [5, 5.41) is -0.176. The average molecular weight is 323 g/mol. The van der Waals surface area contributed by atoms with E-state index in [0.717, 1.165) is 37.8 Å². The van der Waals surface area contributed by atoms with Crippen molar-refractivity contribution in [2.45, 2.75) is 50.5 Å². The van der Waals surface area contributed by atoms with E-state index in [2.05, 4.69) is 11.6 Å². The van der Waals surface area contributed by atoms with E-state index < -0.39 is 15.8 Å². The summed E-state index contributed by atoms with van der Waals surface area (Å²) in [7, 11) is -3.80. The highest BCUT2D eigenvalue weighted by Crippen LogP contribution is 2.26. The fourth-order valence-corrected chi connectivity index (χ4v) is 3.67. The number of sulfonamides is 1. The SMILES string of the molecule is CCCCCC(C)NS(=O)(=O)c1cc(N)c(F)cc1Cl. The number of nitrogens with one attached hydrogen (secondary N) is 1. The first-order chi connectivity index (χ1) is 9.27. The maximum atomic E-state index is 13.2. The molecule has 0 fully saturated rings. The second-order valence-corrected chi connectivity index (χ2v) is 6.91. The van der Waals surface area contributed by atoms with Crippen molar-refractivity contribution < 1.29 is 12.8 Å². The van der Waals surface area contributed by atoms with Gasteiger partial charge in [-0.1, -0.05) is 37.8 Å². The molecule has 0 radical (unpaired) electrons. The van der Waals surface area contributed by atoms with Crippen molar-refractivity contribution in [3.63, 3.8) is 0 Å². The van der Waals surface area contributed by atoms with Crippen molar-refractivity contribution >= 4 is 27.3 Å². The molecule has 20 heavy (non-hydrogen) atoms. The number of nitrogens with two attached hydrogens (primary N) is 1. The summed E-state index contributed by atoms with van der Waals surface area (Å²) >= 11 is 5.78. The Labute approximate surface area is 124 Å². The van der Waals surface area contributed by atoms with Crippen LogP contribution in [0.15, 0.2) is 17.0 Å². The molecule has 0 aliphatic rings. The predicted octanol–water partition coefficient (Wildman–Crippen LogP) is 3.31. The van der Waals surface area contributed by atoms with Crippen LogP contribution < -0.4 is 10.5 Å². The van der Waals surface area contributed by atoms with Gasteiger partial charge in [-0.05, 0) is 25.5 Å². The van der Waals surface area contributed by atoms with Gasteiger partial charge in [0, 0.05) is 6.04 Å². The first-order valence-corrected chi connectivity index (χ1v) is 8.41. The van der Waals surface area contributed by atoms with E-state index in [1.165, 1.54) is 0 Å². The number of halogens is 2. The topological polar surface area (TPSA) is 72.2 Å². The Balaban J connectivity index is 2.86. The van der Waals surface area contributed by atoms with Crippen LogP contribution in [0.1, 0.15) is 39.5 Å². The minimum atomic E-state index is -3.80. The lowest BCUT2D eigenvalue weighted by molar-refractivity contribution is 0.527. The molecule has 1 unspecified atom stereocenters. The Morgan fingerprint density at radius 3 is 2.65 bits per heavy atom. The molecular weight excluding hydrogens is 303 g/mol. The van der Waals surface area contributed by atoms with Crippen molar-refractivity contribution in [1.29, 1.82) is 0 Å². The van der Waals surface area contributed by atoms with Gasteiger partial charge in [0.25, 0.3) is 0 Å². The van der Waals surface area contributed by atoms with Crippen LogP contribution in [0.5, 0.6) is 0 Å². The molecule has 0 heterocycles. The van der Waals surface area contributed by atoms with Crippen LogP contribution in [0.25, 0.3) is 0 Å². The molecule has 7 heteroatoms. The number of nitrogen functional groups attached to an aromatic ring is 1. The van der Waals surface area contributed by atoms with Crippen LogP contribution >= 0.6 is 11.6 Å². The van der Waals surface area contributed by atoms with Crippen LogP contribution in [-0.4, -0.2) is 14.5 Å². The number of rotatable bonds is 7. The molecule has 0 bridgehead atoms. The minimum Gasteiger partial charge on any atom is -0.396 e.